The Hall–Kier alpha value is -1.97. The molecule has 19 heavy (non-hydrogen) atoms. The van der Waals surface area contributed by atoms with Gasteiger partial charge in [0.1, 0.15) is 11.4 Å². The molecule has 8 nitrogen and oxygen atoms in total. The maximum atomic E-state index is 12.6. The van der Waals surface area contributed by atoms with Crippen LogP contribution in [0, 0.1) is 5.92 Å². The van der Waals surface area contributed by atoms with Gasteiger partial charge in [0.25, 0.3) is 0 Å². The van der Waals surface area contributed by atoms with Gasteiger partial charge in [0.2, 0.25) is 5.91 Å². The number of carbonyl (C=O) groups excluding carboxylic acids is 1. The fraction of sp³-hybridized carbons (Fsp3) is 0.444. The first-order chi connectivity index (χ1) is 8.78. The molecular formula is C9H10FN3O5S. The molecule has 2 N–H and O–H groups in total. The summed E-state index contributed by atoms with van der Waals surface area (Å²) >= 11 is 0. The molecule has 1 aliphatic heterocycles. The van der Waals surface area contributed by atoms with E-state index in [0.717, 1.165) is 11.1 Å². The van der Waals surface area contributed by atoms with E-state index in [1.165, 1.54) is 0 Å². The highest BCUT2D eigenvalue weighted by molar-refractivity contribution is 7.86. The molecule has 1 unspecified atom stereocenters. The van der Waals surface area contributed by atoms with Gasteiger partial charge in [0.05, 0.1) is 11.9 Å². The van der Waals surface area contributed by atoms with Gasteiger partial charge in [-0.1, -0.05) is 0 Å². The van der Waals surface area contributed by atoms with E-state index < -0.39 is 33.8 Å². The van der Waals surface area contributed by atoms with Crippen LogP contribution in [0.15, 0.2) is 6.20 Å². The van der Waals surface area contributed by atoms with Crippen molar-refractivity contribution in [3.63, 3.8) is 0 Å². The lowest BCUT2D eigenvalue weighted by Gasteiger charge is -2.14. The average molecular weight is 291 g/mol. The second kappa shape index (κ2) is 4.61. The third-order valence-electron chi connectivity index (χ3n) is 2.76. The largest absolute Gasteiger partial charge is 0.477 e. The number of halogens is 1. The molecule has 1 amide bonds. The van der Waals surface area contributed by atoms with Gasteiger partial charge in [-0.05, 0) is 0 Å². The first-order valence-electron chi connectivity index (χ1n) is 5.27. The Bertz CT molecular complexity index is 626. The van der Waals surface area contributed by atoms with Crippen molar-refractivity contribution in [1.29, 1.82) is 0 Å². The Balaban J connectivity index is 2.21. The summed E-state index contributed by atoms with van der Waals surface area (Å²) in [5.41, 5.74) is -0.197. The zero-order valence-corrected chi connectivity index (χ0v) is 10.4. The second-order valence-electron chi connectivity index (χ2n) is 4.22. The van der Waals surface area contributed by atoms with Gasteiger partial charge in [0, 0.05) is 18.9 Å². The van der Waals surface area contributed by atoms with Crippen LogP contribution in [0.2, 0.25) is 0 Å². The first kappa shape index (κ1) is 13.5. The van der Waals surface area contributed by atoms with E-state index in [9.17, 15) is 21.9 Å². The molecule has 1 aliphatic rings. The fourth-order valence-corrected chi connectivity index (χ4v) is 2.82. The van der Waals surface area contributed by atoms with Crippen molar-refractivity contribution in [3.8, 4) is 0 Å². The first-order valence-corrected chi connectivity index (χ1v) is 6.82. The van der Waals surface area contributed by atoms with Crippen molar-refractivity contribution < 1.29 is 27.0 Å². The summed E-state index contributed by atoms with van der Waals surface area (Å²) in [5, 5.41) is 14.8. The Morgan fingerprint density at radius 2 is 2.32 bits per heavy atom. The SMILES string of the molecule is O=C(O)c1cn[nH]c1N1CC(CS(=O)(=O)F)CC1=O. The van der Waals surface area contributed by atoms with Gasteiger partial charge < -0.3 is 5.11 Å². The fourth-order valence-electron chi connectivity index (χ4n) is 2.03. The van der Waals surface area contributed by atoms with Gasteiger partial charge in [-0.3, -0.25) is 14.8 Å². The summed E-state index contributed by atoms with van der Waals surface area (Å²) in [6, 6.07) is 0. The van der Waals surface area contributed by atoms with Crippen molar-refractivity contribution in [3.05, 3.63) is 11.8 Å². The molecule has 1 aromatic rings. The number of anilines is 1. The number of aromatic carboxylic acids is 1. The molecule has 0 bridgehead atoms. The molecule has 0 spiro atoms. The maximum Gasteiger partial charge on any atom is 0.341 e. The van der Waals surface area contributed by atoms with E-state index in [2.05, 4.69) is 10.2 Å². The van der Waals surface area contributed by atoms with Crippen molar-refractivity contribution >= 4 is 27.9 Å². The van der Waals surface area contributed by atoms with Crippen LogP contribution in [0.5, 0.6) is 0 Å². The van der Waals surface area contributed by atoms with Crippen LogP contribution in [0.3, 0.4) is 0 Å². The Morgan fingerprint density at radius 3 is 2.89 bits per heavy atom. The summed E-state index contributed by atoms with van der Waals surface area (Å²) in [4.78, 5) is 23.7. The van der Waals surface area contributed by atoms with Crippen molar-refractivity contribution in [1.82, 2.24) is 10.2 Å². The molecule has 0 saturated carbocycles. The lowest BCUT2D eigenvalue weighted by atomic mass is 10.1. The number of aromatic nitrogens is 2. The van der Waals surface area contributed by atoms with E-state index in [4.69, 9.17) is 5.11 Å². The van der Waals surface area contributed by atoms with E-state index in [0.29, 0.717) is 0 Å². The third kappa shape index (κ3) is 2.89. The minimum absolute atomic E-state index is 0.0174. The zero-order chi connectivity index (χ0) is 14.2. The van der Waals surface area contributed by atoms with E-state index >= 15 is 0 Å². The second-order valence-corrected chi connectivity index (χ2v) is 5.63. The number of nitrogens with zero attached hydrogens (tertiary/aromatic N) is 2. The summed E-state index contributed by atoms with van der Waals surface area (Å²) in [7, 11) is -4.67. The molecule has 0 aromatic carbocycles. The van der Waals surface area contributed by atoms with Gasteiger partial charge >= 0.3 is 16.2 Å². The van der Waals surface area contributed by atoms with Crippen LogP contribution in [0.4, 0.5) is 9.70 Å². The number of H-pyrrole nitrogens is 1. The Kier molecular flexibility index (Phi) is 3.27. The Morgan fingerprint density at radius 1 is 1.63 bits per heavy atom. The predicted molar refractivity (Wildman–Crippen MR) is 60.9 cm³/mol. The highest BCUT2D eigenvalue weighted by atomic mass is 32.3. The van der Waals surface area contributed by atoms with Crippen molar-refractivity contribution in [2.24, 2.45) is 5.92 Å². The highest BCUT2D eigenvalue weighted by Crippen LogP contribution is 2.27. The van der Waals surface area contributed by atoms with Gasteiger partial charge in [-0.15, -0.1) is 3.89 Å². The van der Waals surface area contributed by atoms with E-state index in [1.54, 1.807) is 0 Å². The van der Waals surface area contributed by atoms with Crippen LogP contribution in [0.25, 0.3) is 0 Å². The summed E-state index contributed by atoms with van der Waals surface area (Å²) < 4.78 is 33.7. The molecule has 0 radical (unpaired) electrons. The molecule has 2 heterocycles. The molecule has 1 aromatic heterocycles. The lowest BCUT2D eigenvalue weighted by molar-refractivity contribution is -0.117. The number of hydrogen-bond acceptors (Lipinski definition) is 5. The summed E-state index contributed by atoms with van der Waals surface area (Å²) in [5.74, 6) is -3.21. The Labute approximate surface area is 107 Å². The maximum absolute atomic E-state index is 12.6. The van der Waals surface area contributed by atoms with Crippen LogP contribution in [-0.4, -0.2) is 47.9 Å². The van der Waals surface area contributed by atoms with Gasteiger partial charge in [-0.25, -0.2) is 4.79 Å². The quantitative estimate of drug-likeness (QED) is 0.739. The van der Waals surface area contributed by atoms with Gasteiger partial charge in [-0.2, -0.15) is 13.5 Å². The molecule has 104 valence electrons. The third-order valence-corrected chi connectivity index (χ3v) is 3.63. The molecule has 1 fully saturated rings. The monoisotopic (exact) mass is 291 g/mol. The number of nitrogens with one attached hydrogen (secondary N) is 1. The van der Waals surface area contributed by atoms with Crippen molar-refractivity contribution in [2.75, 3.05) is 17.2 Å². The average Bonchev–Trinajstić information content (AvgIpc) is 2.81. The van der Waals surface area contributed by atoms with Gasteiger partial charge in [0.15, 0.2) is 0 Å². The molecule has 0 aliphatic carbocycles. The lowest BCUT2D eigenvalue weighted by Crippen LogP contribution is -2.27. The normalized spacial score (nSPS) is 19.9. The molecule has 2 rings (SSSR count). The minimum Gasteiger partial charge on any atom is -0.477 e. The standard InChI is InChI=1S/C9H10FN3O5S/c10-19(17,18)4-5-1-7(14)13(3-5)8-6(9(15)16)2-11-12-8/h2,5H,1,3-4H2,(H,11,12)(H,15,16). The number of aromatic amines is 1. The molecule has 10 heteroatoms. The number of carbonyl (C=O) groups is 2. The summed E-state index contributed by atoms with van der Waals surface area (Å²) in [6.07, 6.45) is 0.894. The number of carboxylic acid groups (broad SMARTS) is 1. The predicted octanol–water partition coefficient (Wildman–Crippen LogP) is -0.240. The zero-order valence-electron chi connectivity index (χ0n) is 9.54. The van der Waals surface area contributed by atoms with Crippen molar-refractivity contribution in [2.45, 2.75) is 6.42 Å². The number of amides is 1. The number of rotatable bonds is 4. The van der Waals surface area contributed by atoms with Crippen LogP contribution >= 0.6 is 0 Å². The molecule has 1 saturated heterocycles. The highest BCUT2D eigenvalue weighted by Gasteiger charge is 2.36. The smallest absolute Gasteiger partial charge is 0.341 e. The van der Waals surface area contributed by atoms with Crippen LogP contribution < -0.4 is 4.90 Å². The van der Waals surface area contributed by atoms with Crippen LogP contribution in [0.1, 0.15) is 16.8 Å². The van der Waals surface area contributed by atoms with E-state index in [1.807, 2.05) is 0 Å². The summed E-state index contributed by atoms with van der Waals surface area (Å²) in [6.45, 7) is -0.0650. The molecule has 1 atom stereocenters. The van der Waals surface area contributed by atoms with Crippen LogP contribution in [-0.2, 0) is 15.0 Å². The topological polar surface area (TPSA) is 120 Å². The van der Waals surface area contributed by atoms with E-state index in [-0.39, 0.29) is 24.3 Å². The minimum atomic E-state index is -4.67. The number of carboxylic acids is 1. The molecular weight excluding hydrogens is 281 g/mol. The number of hydrogen-bond donors (Lipinski definition) is 2.